The van der Waals surface area contributed by atoms with Crippen LogP contribution in [0.3, 0.4) is 0 Å². The van der Waals surface area contributed by atoms with Gasteiger partial charge < -0.3 is 10.2 Å². The van der Waals surface area contributed by atoms with Gasteiger partial charge in [0.2, 0.25) is 5.91 Å². The zero-order valence-corrected chi connectivity index (χ0v) is 11.2. The molecule has 4 heteroatoms. The van der Waals surface area contributed by atoms with Gasteiger partial charge >= 0.3 is 0 Å². The second kappa shape index (κ2) is 4.59. The van der Waals surface area contributed by atoms with Crippen LogP contribution in [0.25, 0.3) is 0 Å². The summed E-state index contributed by atoms with van der Waals surface area (Å²) in [4.78, 5) is 13.7. The molecule has 0 bridgehead atoms. The SMILES string of the molecule is Cc1ccc(N2CC(=O)Nc3cccc(Cl)c32)cc1. The van der Waals surface area contributed by atoms with E-state index in [1.54, 1.807) is 0 Å². The molecule has 1 aliphatic heterocycles. The first-order chi connectivity index (χ1) is 9.15. The number of carbonyl (C=O) groups is 1. The maximum atomic E-state index is 11.8. The molecule has 3 nitrogen and oxygen atoms in total. The molecule has 0 unspecified atom stereocenters. The van der Waals surface area contributed by atoms with Crippen molar-refractivity contribution in [2.24, 2.45) is 0 Å². The number of fused-ring (bicyclic) bond motifs is 1. The third-order valence-electron chi connectivity index (χ3n) is 3.18. The van der Waals surface area contributed by atoms with Crippen molar-refractivity contribution in [2.45, 2.75) is 6.92 Å². The number of nitrogens with zero attached hydrogens (tertiary/aromatic N) is 1. The second-order valence-electron chi connectivity index (χ2n) is 4.61. The Bertz CT molecular complexity index is 637. The average Bonchev–Trinajstić information content (AvgIpc) is 2.38. The Labute approximate surface area is 116 Å². The smallest absolute Gasteiger partial charge is 0.244 e. The van der Waals surface area contributed by atoms with Crippen LogP contribution < -0.4 is 10.2 Å². The summed E-state index contributed by atoms with van der Waals surface area (Å²) in [5.74, 6) is -0.0321. The number of para-hydroxylation sites is 1. The molecule has 1 amide bonds. The third-order valence-corrected chi connectivity index (χ3v) is 3.48. The van der Waals surface area contributed by atoms with Gasteiger partial charge in [-0.1, -0.05) is 35.4 Å². The van der Waals surface area contributed by atoms with Crippen molar-refractivity contribution in [3.63, 3.8) is 0 Å². The van der Waals surface area contributed by atoms with Crippen LogP contribution in [0.15, 0.2) is 42.5 Å². The number of aryl methyl sites for hydroxylation is 1. The largest absolute Gasteiger partial charge is 0.329 e. The van der Waals surface area contributed by atoms with Crippen LogP contribution in [0.1, 0.15) is 5.56 Å². The highest BCUT2D eigenvalue weighted by molar-refractivity contribution is 6.34. The van der Waals surface area contributed by atoms with Crippen LogP contribution in [-0.2, 0) is 4.79 Å². The van der Waals surface area contributed by atoms with Gasteiger partial charge in [0, 0.05) is 5.69 Å². The summed E-state index contributed by atoms with van der Waals surface area (Å²) >= 11 is 6.27. The quantitative estimate of drug-likeness (QED) is 0.858. The highest BCUT2D eigenvalue weighted by atomic mass is 35.5. The molecule has 1 N–H and O–H groups in total. The fourth-order valence-electron chi connectivity index (χ4n) is 2.25. The van der Waals surface area contributed by atoms with Crippen molar-refractivity contribution >= 4 is 34.6 Å². The van der Waals surface area contributed by atoms with Crippen molar-refractivity contribution < 1.29 is 4.79 Å². The van der Waals surface area contributed by atoms with E-state index in [0.717, 1.165) is 17.1 Å². The number of anilines is 3. The van der Waals surface area contributed by atoms with Gasteiger partial charge in [-0.05, 0) is 31.2 Å². The fourth-order valence-corrected chi connectivity index (χ4v) is 2.52. The van der Waals surface area contributed by atoms with Crippen molar-refractivity contribution in [3.05, 3.63) is 53.1 Å². The number of amides is 1. The summed E-state index contributed by atoms with van der Waals surface area (Å²) in [6.07, 6.45) is 0. The van der Waals surface area contributed by atoms with Gasteiger partial charge in [0.05, 0.1) is 16.4 Å². The van der Waals surface area contributed by atoms with Gasteiger partial charge in [-0.25, -0.2) is 0 Å². The van der Waals surface area contributed by atoms with E-state index in [2.05, 4.69) is 5.32 Å². The summed E-state index contributed by atoms with van der Waals surface area (Å²) in [6.45, 7) is 2.31. The van der Waals surface area contributed by atoms with Gasteiger partial charge in [-0.15, -0.1) is 0 Å². The van der Waals surface area contributed by atoms with E-state index in [9.17, 15) is 4.79 Å². The molecule has 0 saturated carbocycles. The number of hydrogen-bond acceptors (Lipinski definition) is 2. The first-order valence-electron chi connectivity index (χ1n) is 6.08. The molecular weight excluding hydrogens is 260 g/mol. The molecule has 96 valence electrons. The molecule has 2 aromatic rings. The molecule has 0 fully saturated rings. The van der Waals surface area contributed by atoms with E-state index < -0.39 is 0 Å². The first kappa shape index (κ1) is 12.1. The number of carbonyl (C=O) groups excluding carboxylic acids is 1. The third kappa shape index (κ3) is 2.17. The Balaban J connectivity index is 2.13. The lowest BCUT2D eigenvalue weighted by molar-refractivity contribution is -0.115. The van der Waals surface area contributed by atoms with Gasteiger partial charge in [0.1, 0.15) is 6.54 Å². The summed E-state index contributed by atoms with van der Waals surface area (Å²) in [6, 6.07) is 13.6. The minimum Gasteiger partial charge on any atom is -0.329 e. The van der Waals surface area contributed by atoms with Crippen LogP contribution in [-0.4, -0.2) is 12.5 Å². The molecule has 0 spiro atoms. The van der Waals surface area contributed by atoms with Crippen LogP contribution in [0.2, 0.25) is 5.02 Å². The van der Waals surface area contributed by atoms with Gasteiger partial charge in [0.15, 0.2) is 0 Å². The molecule has 0 saturated heterocycles. The van der Waals surface area contributed by atoms with Crippen molar-refractivity contribution in [1.29, 1.82) is 0 Å². The Morgan fingerprint density at radius 2 is 1.89 bits per heavy atom. The van der Waals surface area contributed by atoms with E-state index in [1.165, 1.54) is 5.56 Å². The van der Waals surface area contributed by atoms with Crippen molar-refractivity contribution in [3.8, 4) is 0 Å². The summed E-state index contributed by atoms with van der Waals surface area (Å²) in [7, 11) is 0. The predicted molar refractivity (Wildman–Crippen MR) is 78.3 cm³/mol. The summed E-state index contributed by atoms with van der Waals surface area (Å²) in [5.41, 5.74) is 3.76. The average molecular weight is 273 g/mol. The van der Waals surface area contributed by atoms with E-state index >= 15 is 0 Å². The van der Waals surface area contributed by atoms with Gasteiger partial charge in [-0.3, -0.25) is 4.79 Å². The minimum absolute atomic E-state index is 0.0321. The fraction of sp³-hybridized carbons (Fsp3) is 0.133. The molecule has 19 heavy (non-hydrogen) atoms. The minimum atomic E-state index is -0.0321. The molecule has 0 radical (unpaired) electrons. The lowest BCUT2D eigenvalue weighted by atomic mass is 10.1. The maximum Gasteiger partial charge on any atom is 0.244 e. The molecule has 1 aliphatic rings. The number of hydrogen-bond donors (Lipinski definition) is 1. The number of nitrogens with one attached hydrogen (secondary N) is 1. The highest BCUT2D eigenvalue weighted by Gasteiger charge is 2.25. The molecular formula is C15H13ClN2O. The summed E-state index contributed by atoms with van der Waals surface area (Å²) in [5, 5.41) is 3.48. The van der Waals surface area contributed by atoms with E-state index in [-0.39, 0.29) is 12.5 Å². The lowest BCUT2D eigenvalue weighted by Gasteiger charge is -2.31. The summed E-state index contributed by atoms with van der Waals surface area (Å²) < 4.78 is 0. The van der Waals surface area contributed by atoms with Crippen LogP contribution in [0.4, 0.5) is 17.1 Å². The number of halogens is 1. The van der Waals surface area contributed by atoms with Gasteiger partial charge in [-0.2, -0.15) is 0 Å². The van der Waals surface area contributed by atoms with Crippen molar-refractivity contribution in [2.75, 3.05) is 16.8 Å². The topological polar surface area (TPSA) is 32.3 Å². The van der Waals surface area contributed by atoms with E-state index in [0.29, 0.717) is 5.02 Å². The first-order valence-corrected chi connectivity index (χ1v) is 6.45. The zero-order valence-electron chi connectivity index (χ0n) is 10.5. The Hall–Kier alpha value is -2.00. The highest BCUT2D eigenvalue weighted by Crippen LogP contribution is 2.40. The van der Waals surface area contributed by atoms with Crippen molar-refractivity contribution in [1.82, 2.24) is 0 Å². The van der Waals surface area contributed by atoms with E-state index in [4.69, 9.17) is 11.6 Å². The van der Waals surface area contributed by atoms with Crippen LogP contribution in [0, 0.1) is 6.92 Å². The van der Waals surface area contributed by atoms with Gasteiger partial charge in [0.25, 0.3) is 0 Å². The predicted octanol–water partition coefficient (Wildman–Crippen LogP) is 3.74. The molecule has 0 atom stereocenters. The molecule has 3 rings (SSSR count). The number of benzene rings is 2. The standard InChI is InChI=1S/C15H13ClN2O/c1-10-5-7-11(8-6-10)18-9-14(19)17-13-4-2-3-12(16)15(13)18/h2-8H,9H2,1H3,(H,17,19). The molecule has 2 aromatic carbocycles. The second-order valence-corrected chi connectivity index (χ2v) is 5.01. The Morgan fingerprint density at radius 1 is 1.16 bits per heavy atom. The van der Waals surface area contributed by atoms with Crippen LogP contribution >= 0.6 is 11.6 Å². The Kier molecular flexibility index (Phi) is 2.91. The molecule has 0 aliphatic carbocycles. The lowest BCUT2D eigenvalue weighted by Crippen LogP contribution is -2.35. The maximum absolute atomic E-state index is 11.8. The van der Waals surface area contributed by atoms with E-state index in [1.807, 2.05) is 54.3 Å². The molecule has 1 heterocycles. The number of rotatable bonds is 1. The normalized spacial score (nSPS) is 14.0. The monoisotopic (exact) mass is 272 g/mol. The zero-order chi connectivity index (χ0) is 13.4. The molecule has 0 aromatic heterocycles. The van der Waals surface area contributed by atoms with Crippen LogP contribution in [0.5, 0.6) is 0 Å². The Morgan fingerprint density at radius 3 is 2.63 bits per heavy atom.